The van der Waals surface area contributed by atoms with E-state index in [4.69, 9.17) is 9.05 Å². The first-order valence-corrected chi connectivity index (χ1v) is 19.6. The number of unbranched alkanes of at least 4 members (excludes halogenated alkanes) is 15. The molecule has 8 atom stereocenters. The normalized spacial score (nSPS) is 26.4. The third-order valence-corrected chi connectivity index (χ3v) is 9.96. The van der Waals surface area contributed by atoms with E-state index in [1.807, 2.05) is 0 Å². The van der Waals surface area contributed by atoms with E-state index in [-0.39, 0.29) is 12.8 Å². The fourth-order valence-electron chi connectivity index (χ4n) is 5.89. The minimum atomic E-state index is -5.09. The Morgan fingerprint density at radius 2 is 1.06 bits per heavy atom. The van der Waals surface area contributed by atoms with Crippen LogP contribution in [0.2, 0.25) is 0 Å². The first kappa shape index (κ1) is 44.3. The molecule has 8 unspecified atom stereocenters. The molecule has 0 aromatic carbocycles. The van der Waals surface area contributed by atoms with Crippen molar-refractivity contribution in [3.8, 4) is 0 Å². The number of carbonyl (C=O) groups is 1. The lowest BCUT2D eigenvalue weighted by molar-refractivity contribution is -0.220. The van der Waals surface area contributed by atoms with Gasteiger partial charge < -0.3 is 46.0 Å². The van der Waals surface area contributed by atoms with Crippen LogP contribution < -0.4 is 5.32 Å². The van der Waals surface area contributed by atoms with Gasteiger partial charge in [-0.05, 0) is 12.8 Å². The quantitative estimate of drug-likeness (QED) is 0.0423. The Labute approximate surface area is 281 Å². The summed E-state index contributed by atoms with van der Waals surface area (Å²) in [4.78, 5) is 23.1. The number of phosphoric acid groups is 1. The van der Waals surface area contributed by atoms with Crippen LogP contribution in [0.25, 0.3) is 0 Å². The highest BCUT2D eigenvalue weighted by Gasteiger charge is 2.51. The highest BCUT2D eigenvalue weighted by atomic mass is 31.2. The number of phosphoric ester groups is 1. The molecule has 0 radical (unpaired) electrons. The predicted octanol–water partition coefficient (Wildman–Crippen LogP) is 3.36. The topological polar surface area (TPSA) is 226 Å². The van der Waals surface area contributed by atoms with E-state index in [1.54, 1.807) is 0 Å². The van der Waals surface area contributed by atoms with Crippen molar-refractivity contribution in [1.29, 1.82) is 0 Å². The van der Waals surface area contributed by atoms with Crippen molar-refractivity contribution in [2.45, 2.75) is 197 Å². The second-order valence-electron chi connectivity index (χ2n) is 13.3. The molecular weight excluding hydrogens is 633 g/mol. The van der Waals surface area contributed by atoms with Crippen LogP contribution in [-0.4, -0.2) is 108 Å². The van der Waals surface area contributed by atoms with Crippen LogP contribution in [0.5, 0.6) is 0 Å². The highest BCUT2D eigenvalue weighted by Crippen LogP contribution is 2.47. The molecule has 1 aliphatic carbocycles. The zero-order valence-corrected chi connectivity index (χ0v) is 29.6. The molecule has 0 aliphatic heterocycles. The summed E-state index contributed by atoms with van der Waals surface area (Å²) in [7, 11) is -5.09. The third kappa shape index (κ3) is 18.8. The second-order valence-corrected chi connectivity index (χ2v) is 14.7. The lowest BCUT2D eigenvalue weighted by atomic mass is 9.85. The van der Waals surface area contributed by atoms with Crippen molar-refractivity contribution >= 4 is 13.7 Å². The van der Waals surface area contributed by atoms with Gasteiger partial charge in [0.1, 0.15) is 36.6 Å². The molecule has 1 fully saturated rings. The van der Waals surface area contributed by atoms with Gasteiger partial charge in [-0.25, -0.2) is 4.57 Å². The van der Waals surface area contributed by atoms with E-state index >= 15 is 0 Å². The molecule has 0 heterocycles. The molecule has 280 valence electrons. The summed E-state index contributed by atoms with van der Waals surface area (Å²) in [5.74, 6) is -0.566. The lowest BCUT2D eigenvalue weighted by Crippen LogP contribution is -2.64. The molecule has 1 saturated carbocycles. The summed E-state index contributed by atoms with van der Waals surface area (Å²) in [6.45, 7) is 3.65. The zero-order valence-electron chi connectivity index (χ0n) is 28.7. The molecule has 1 aliphatic rings. The zero-order chi connectivity index (χ0) is 35.2. The van der Waals surface area contributed by atoms with Gasteiger partial charge in [-0.15, -0.1) is 0 Å². The number of hydrogen-bond acceptors (Lipinski definition) is 11. The molecule has 9 N–H and O–H groups in total. The average Bonchev–Trinajstić information content (AvgIpc) is 3.03. The summed E-state index contributed by atoms with van der Waals surface area (Å²) in [6, 6.07) is -1.14. The molecule has 0 bridgehead atoms. The molecule has 0 aromatic heterocycles. The van der Waals surface area contributed by atoms with Gasteiger partial charge in [-0.2, -0.15) is 0 Å². The van der Waals surface area contributed by atoms with E-state index in [1.165, 1.54) is 38.5 Å². The van der Waals surface area contributed by atoms with Gasteiger partial charge in [-0.1, -0.05) is 123 Å². The minimum absolute atomic E-state index is 0.218. The molecule has 47 heavy (non-hydrogen) atoms. The first-order chi connectivity index (χ1) is 22.3. The van der Waals surface area contributed by atoms with Gasteiger partial charge in [0.05, 0.1) is 31.3 Å². The smallest absolute Gasteiger partial charge is 0.393 e. The molecule has 1 rings (SSSR count). The Hall–Kier alpha value is -0.700. The summed E-state index contributed by atoms with van der Waals surface area (Å²) in [6.07, 6.45) is 5.09. The summed E-state index contributed by atoms with van der Waals surface area (Å²) in [5, 5.41) is 73.8. The Balaban J connectivity index is 2.64. The maximum atomic E-state index is 12.8. The number of rotatable bonds is 28. The number of aliphatic hydroxyl groups is 7. The molecule has 0 saturated heterocycles. The Kier molecular flexibility index (Phi) is 23.8. The first-order valence-electron chi connectivity index (χ1n) is 18.1. The van der Waals surface area contributed by atoms with Crippen LogP contribution in [0, 0.1) is 0 Å². The third-order valence-electron chi connectivity index (χ3n) is 8.97. The minimum Gasteiger partial charge on any atom is -0.393 e. The highest BCUT2D eigenvalue weighted by molar-refractivity contribution is 7.47. The van der Waals surface area contributed by atoms with Crippen LogP contribution in [0.15, 0.2) is 0 Å². The maximum absolute atomic E-state index is 12.8. The molecular formula is C33H66NO12P. The van der Waals surface area contributed by atoms with Crippen molar-refractivity contribution in [2.24, 2.45) is 0 Å². The van der Waals surface area contributed by atoms with Gasteiger partial charge in [-0.3, -0.25) is 13.8 Å². The number of amides is 1. The molecule has 0 spiro atoms. The van der Waals surface area contributed by atoms with Crippen LogP contribution in [0.1, 0.15) is 142 Å². The molecule has 13 nitrogen and oxygen atoms in total. The molecule has 14 heteroatoms. The summed E-state index contributed by atoms with van der Waals surface area (Å²) < 4.78 is 22.6. The fourth-order valence-corrected chi connectivity index (χ4v) is 6.86. The monoisotopic (exact) mass is 699 g/mol. The van der Waals surface area contributed by atoms with E-state index in [2.05, 4.69) is 19.2 Å². The van der Waals surface area contributed by atoms with Crippen LogP contribution in [0.4, 0.5) is 0 Å². The molecule has 0 aromatic rings. The Bertz CT molecular complexity index is 838. The maximum Gasteiger partial charge on any atom is 0.472 e. The van der Waals surface area contributed by atoms with Crippen LogP contribution >= 0.6 is 7.82 Å². The van der Waals surface area contributed by atoms with E-state index in [0.29, 0.717) is 12.8 Å². The number of nitrogens with one attached hydrogen (secondary N) is 1. The van der Waals surface area contributed by atoms with E-state index < -0.39 is 75.2 Å². The van der Waals surface area contributed by atoms with Gasteiger partial charge in [0.25, 0.3) is 0 Å². The molecule has 1 amide bonds. The van der Waals surface area contributed by atoms with Gasteiger partial charge >= 0.3 is 7.82 Å². The number of hydrogen-bond donors (Lipinski definition) is 9. The average molecular weight is 700 g/mol. The predicted molar refractivity (Wildman–Crippen MR) is 178 cm³/mol. The van der Waals surface area contributed by atoms with Gasteiger partial charge in [0.15, 0.2) is 0 Å². The van der Waals surface area contributed by atoms with Crippen molar-refractivity contribution in [1.82, 2.24) is 5.32 Å². The van der Waals surface area contributed by atoms with Crippen molar-refractivity contribution in [2.75, 3.05) is 6.61 Å². The van der Waals surface area contributed by atoms with Crippen molar-refractivity contribution in [3.05, 3.63) is 0 Å². The Morgan fingerprint density at radius 1 is 0.660 bits per heavy atom. The largest absolute Gasteiger partial charge is 0.472 e. The van der Waals surface area contributed by atoms with E-state index in [9.17, 15) is 50.0 Å². The fraction of sp³-hybridized carbons (Fsp3) is 0.970. The van der Waals surface area contributed by atoms with Crippen LogP contribution in [0.3, 0.4) is 0 Å². The number of carbonyl (C=O) groups excluding carboxylic acids is 1. The lowest BCUT2D eigenvalue weighted by Gasteiger charge is -2.41. The van der Waals surface area contributed by atoms with Gasteiger partial charge in [0, 0.05) is 0 Å². The summed E-state index contributed by atoms with van der Waals surface area (Å²) >= 11 is 0. The van der Waals surface area contributed by atoms with Gasteiger partial charge in [0.2, 0.25) is 5.91 Å². The van der Waals surface area contributed by atoms with Crippen LogP contribution in [-0.2, 0) is 18.4 Å². The summed E-state index contributed by atoms with van der Waals surface area (Å²) in [5.41, 5.74) is 0. The standard InChI is InChI=1S/C33H66NO12P/c1-3-5-7-9-11-12-13-15-16-18-20-24(35)22-27(37)34-25(26(36)21-19-17-14-10-8-6-4-2)23-45-47(43,44)46-33-31(41)29(39)28(38)30(40)32(33)42/h24-26,28-33,35-36,38-42H,3-23H2,1-2H3,(H,34,37)(H,43,44). The Morgan fingerprint density at radius 3 is 1.53 bits per heavy atom. The SMILES string of the molecule is CCCCCCCCCCCCC(O)CC(=O)NC(COP(=O)(O)OC1C(O)C(O)C(O)C(O)C1O)C(O)CCCCCCCCC. The van der Waals surface area contributed by atoms with E-state index in [0.717, 1.165) is 64.2 Å². The van der Waals surface area contributed by atoms with Crippen molar-refractivity contribution in [3.63, 3.8) is 0 Å². The second kappa shape index (κ2) is 25.3. The number of aliphatic hydroxyl groups excluding tert-OH is 7. The van der Waals surface area contributed by atoms with Crippen molar-refractivity contribution < 1.29 is 59.0 Å².